The van der Waals surface area contributed by atoms with E-state index >= 15 is 0 Å². The highest BCUT2D eigenvalue weighted by Gasteiger charge is 2.13. The third-order valence-corrected chi connectivity index (χ3v) is 3.95. The molecule has 132 valence electrons. The van der Waals surface area contributed by atoms with E-state index in [0.717, 1.165) is 11.3 Å². The smallest absolute Gasteiger partial charge is 0.371 e. The second-order valence-corrected chi connectivity index (χ2v) is 6.53. The number of anilines is 2. The van der Waals surface area contributed by atoms with Gasteiger partial charge >= 0.3 is 10.3 Å². The molecule has 0 saturated carbocycles. The molecule has 3 aromatic rings. The van der Waals surface area contributed by atoms with E-state index in [0.29, 0.717) is 18.1 Å². The molecular formula is C17H15N5O3S. The SMILES string of the molecule is N#Cc1ccc(N(Cc2ccc(OS(N)(=O)=O)cc2)c2ncc[nH]2)cc1. The first-order chi connectivity index (χ1) is 12.4. The summed E-state index contributed by atoms with van der Waals surface area (Å²) in [5.41, 5.74) is 2.31. The van der Waals surface area contributed by atoms with Crippen LogP contribution in [0.5, 0.6) is 5.75 Å². The van der Waals surface area contributed by atoms with Gasteiger partial charge in [0.15, 0.2) is 0 Å². The van der Waals surface area contributed by atoms with Gasteiger partial charge in [0.1, 0.15) is 5.75 Å². The Labute approximate surface area is 150 Å². The molecule has 0 aliphatic heterocycles. The van der Waals surface area contributed by atoms with Crippen LogP contribution in [-0.4, -0.2) is 18.4 Å². The molecule has 9 heteroatoms. The summed E-state index contributed by atoms with van der Waals surface area (Å²) in [5.74, 6) is 0.777. The number of hydrogen-bond acceptors (Lipinski definition) is 6. The number of H-pyrrole nitrogens is 1. The first-order valence-corrected chi connectivity index (χ1v) is 9.00. The zero-order valence-corrected chi connectivity index (χ0v) is 14.3. The van der Waals surface area contributed by atoms with Gasteiger partial charge in [-0.05, 0) is 42.0 Å². The Morgan fingerprint density at radius 3 is 2.38 bits per heavy atom. The minimum Gasteiger partial charge on any atom is -0.371 e. The summed E-state index contributed by atoms with van der Waals surface area (Å²) in [5, 5.41) is 13.8. The van der Waals surface area contributed by atoms with Crippen molar-refractivity contribution >= 4 is 21.9 Å². The second kappa shape index (κ2) is 7.26. The summed E-state index contributed by atoms with van der Waals surface area (Å²) in [4.78, 5) is 9.27. The van der Waals surface area contributed by atoms with Crippen LogP contribution in [-0.2, 0) is 16.8 Å². The number of hydrogen-bond donors (Lipinski definition) is 2. The van der Waals surface area contributed by atoms with Gasteiger partial charge in [-0.25, -0.2) is 4.98 Å². The van der Waals surface area contributed by atoms with Crippen LogP contribution >= 0.6 is 0 Å². The van der Waals surface area contributed by atoms with Crippen molar-refractivity contribution in [1.29, 1.82) is 5.26 Å². The van der Waals surface area contributed by atoms with Gasteiger partial charge < -0.3 is 14.1 Å². The lowest BCUT2D eigenvalue weighted by atomic mass is 10.1. The minimum atomic E-state index is -4.05. The molecule has 0 amide bonds. The maximum absolute atomic E-state index is 11.0. The van der Waals surface area contributed by atoms with Crippen molar-refractivity contribution in [3.8, 4) is 11.8 Å². The summed E-state index contributed by atoms with van der Waals surface area (Å²) in [6, 6.07) is 15.7. The van der Waals surface area contributed by atoms with Gasteiger partial charge in [0.25, 0.3) is 0 Å². The number of benzene rings is 2. The number of nitrogens with zero attached hydrogens (tertiary/aromatic N) is 3. The van der Waals surface area contributed by atoms with E-state index in [1.165, 1.54) is 12.1 Å². The number of nitrogens with one attached hydrogen (secondary N) is 1. The van der Waals surface area contributed by atoms with Crippen LogP contribution < -0.4 is 14.2 Å². The number of aromatic amines is 1. The van der Waals surface area contributed by atoms with Gasteiger partial charge in [-0.15, -0.1) is 0 Å². The van der Waals surface area contributed by atoms with E-state index in [4.69, 9.17) is 10.4 Å². The van der Waals surface area contributed by atoms with Crippen molar-refractivity contribution in [1.82, 2.24) is 9.97 Å². The first kappa shape index (κ1) is 17.5. The fourth-order valence-corrected chi connectivity index (χ4v) is 2.76. The van der Waals surface area contributed by atoms with Gasteiger partial charge in [-0.1, -0.05) is 12.1 Å². The second-order valence-electron chi connectivity index (χ2n) is 5.38. The van der Waals surface area contributed by atoms with Crippen molar-refractivity contribution in [2.24, 2.45) is 5.14 Å². The topological polar surface area (TPSA) is 125 Å². The molecule has 0 unspecified atom stereocenters. The Balaban J connectivity index is 1.85. The molecule has 8 nitrogen and oxygen atoms in total. The van der Waals surface area contributed by atoms with E-state index in [1.807, 2.05) is 17.0 Å². The third kappa shape index (κ3) is 4.38. The molecule has 0 radical (unpaired) electrons. The Bertz CT molecular complexity index is 1010. The summed E-state index contributed by atoms with van der Waals surface area (Å²) in [6.07, 6.45) is 3.37. The van der Waals surface area contributed by atoms with Gasteiger partial charge in [0.2, 0.25) is 5.95 Å². The summed E-state index contributed by atoms with van der Waals surface area (Å²) < 4.78 is 26.6. The van der Waals surface area contributed by atoms with Gasteiger partial charge in [-0.2, -0.15) is 18.8 Å². The molecule has 0 spiro atoms. The maximum Gasteiger partial charge on any atom is 0.380 e. The highest BCUT2D eigenvalue weighted by molar-refractivity contribution is 7.84. The number of imidazole rings is 1. The molecule has 0 bridgehead atoms. The van der Waals surface area contributed by atoms with Gasteiger partial charge in [-0.3, -0.25) is 0 Å². The predicted molar refractivity (Wildman–Crippen MR) is 95.8 cm³/mol. The number of nitriles is 1. The average molecular weight is 369 g/mol. The van der Waals surface area contributed by atoms with Crippen molar-refractivity contribution in [3.05, 3.63) is 72.1 Å². The Kier molecular flexibility index (Phi) is 4.88. The van der Waals surface area contributed by atoms with Crippen molar-refractivity contribution in [2.45, 2.75) is 6.54 Å². The molecule has 3 N–H and O–H groups in total. The highest BCUT2D eigenvalue weighted by atomic mass is 32.2. The lowest BCUT2D eigenvalue weighted by Crippen LogP contribution is -2.19. The molecule has 1 aromatic heterocycles. The monoisotopic (exact) mass is 369 g/mol. The Morgan fingerprint density at radius 2 is 1.85 bits per heavy atom. The lowest BCUT2D eigenvalue weighted by Gasteiger charge is -2.22. The average Bonchev–Trinajstić information content (AvgIpc) is 3.14. The Morgan fingerprint density at radius 1 is 1.15 bits per heavy atom. The van der Waals surface area contributed by atoms with Crippen molar-refractivity contribution in [2.75, 3.05) is 4.90 Å². The quantitative estimate of drug-likeness (QED) is 0.686. The first-order valence-electron chi connectivity index (χ1n) is 7.53. The maximum atomic E-state index is 11.0. The van der Waals surface area contributed by atoms with Crippen molar-refractivity contribution in [3.63, 3.8) is 0 Å². The Hall–Kier alpha value is -3.35. The highest BCUT2D eigenvalue weighted by Crippen LogP contribution is 2.25. The van der Waals surface area contributed by atoms with Crippen LogP contribution in [0.1, 0.15) is 11.1 Å². The number of aromatic nitrogens is 2. The fourth-order valence-electron chi connectivity index (χ4n) is 2.38. The van der Waals surface area contributed by atoms with Gasteiger partial charge in [0, 0.05) is 18.1 Å². The predicted octanol–water partition coefficient (Wildman–Crippen LogP) is 2.20. The van der Waals surface area contributed by atoms with E-state index in [1.54, 1.807) is 36.7 Å². The minimum absolute atomic E-state index is 0.138. The summed E-state index contributed by atoms with van der Waals surface area (Å²) >= 11 is 0. The largest absolute Gasteiger partial charge is 0.380 e. The van der Waals surface area contributed by atoms with Gasteiger partial charge in [0.05, 0.1) is 18.2 Å². The van der Waals surface area contributed by atoms with E-state index in [2.05, 4.69) is 20.2 Å². The third-order valence-electron chi connectivity index (χ3n) is 3.52. The lowest BCUT2D eigenvalue weighted by molar-refractivity contribution is 0.487. The van der Waals surface area contributed by atoms with E-state index < -0.39 is 10.3 Å². The van der Waals surface area contributed by atoms with Crippen molar-refractivity contribution < 1.29 is 12.6 Å². The summed E-state index contributed by atoms with van der Waals surface area (Å²) in [6.45, 7) is 0.467. The fraction of sp³-hybridized carbons (Fsp3) is 0.0588. The molecule has 0 saturated heterocycles. The molecule has 3 rings (SSSR count). The molecule has 1 heterocycles. The van der Waals surface area contributed by atoms with Crippen LogP contribution in [0.25, 0.3) is 0 Å². The zero-order chi connectivity index (χ0) is 18.6. The van der Waals surface area contributed by atoms with E-state index in [9.17, 15) is 8.42 Å². The normalized spacial score (nSPS) is 10.9. The van der Waals surface area contributed by atoms with Crippen LogP contribution in [0, 0.1) is 11.3 Å². The van der Waals surface area contributed by atoms with Crippen LogP contribution in [0.4, 0.5) is 11.6 Å². The van der Waals surface area contributed by atoms with Crippen LogP contribution in [0.2, 0.25) is 0 Å². The molecule has 0 aliphatic rings. The number of rotatable bonds is 6. The zero-order valence-electron chi connectivity index (χ0n) is 13.5. The molecular weight excluding hydrogens is 354 g/mol. The molecule has 0 aliphatic carbocycles. The molecule has 2 aromatic carbocycles. The summed E-state index contributed by atoms with van der Waals surface area (Å²) in [7, 11) is -4.05. The van der Waals surface area contributed by atoms with E-state index in [-0.39, 0.29) is 5.75 Å². The molecule has 0 fully saturated rings. The van der Waals surface area contributed by atoms with Crippen LogP contribution in [0.15, 0.2) is 60.9 Å². The molecule has 0 atom stereocenters. The number of nitrogens with two attached hydrogens (primary N) is 1. The van der Waals surface area contributed by atoms with Crippen LogP contribution in [0.3, 0.4) is 0 Å². The molecule has 26 heavy (non-hydrogen) atoms. The standard InChI is InChI=1S/C17H15N5O3S/c18-11-13-1-5-15(6-2-13)22(17-20-9-10-21-17)12-14-3-7-16(8-4-14)25-26(19,23)24/h1-10H,12H2,(H,20,21)(H2,19,23,24).